The Balaban J connectivity index is 1.72. The van der Waals surface area contributed by atoms with Crippen LogP contribution in [0.1, 0.15) is 25.0 Å². The number of pyridine rings is 1. The van der Waals surface area contributed by atoms with Crippen LogP contribution in [0.5, 0.6) is 5.75 Å². The maximum absolute atomic E-state index is 13.7. The van der Waals surface area contributed by atoms with Crippen LogP contribution >= 0.6 is 0 Å². The quantitative estimate of drug-likeness (QED) is 0.519. The molecule has 0 saturated carbocycles. The van der Waals surface area contributed by atoms with Crippen LogP contribution in [0, 0.1) is 12.8 Å². The standard InChI is InChI=1S/C28H35N3O4S/c1-20-7-9-24(10-8-20)25-11-12-28-26(14-25)35-27(18-30(4)17-23-6-5-13-29-15-23)21(2)16-31(22(3)19-32)36(28,33)34/h5-15,21-22,27,32H,16-19H2,1-4H3/t21-,22-,27+/m1/s1. The summed E-state index contributed by atoms with van der Waals surface area (Å²) >= 11 is 0. The molecule has 0 bridgehead atoms. The number of likely N-dealkylation sites (N-methyl/N-ethyl adjacent to an activating group) is 1. The van der Waals surface area contributed by atoms with Crippen molar-refractivity contribution in [2.45, 2.75) is 44.4 Å². The maximum Gasteiger partial charge on any atom is 0.247 e. The number of ether oxygens (including phenoxy) is 1. The Morgan fingerprint density at radius 2 is 1.89 bits per heavy atom. The summed E-state index contributed by atoms with van der Waals surface area (Å²) in [7, 11) is -1.84. The summed E-state index contributed by atoms with van der Waals surface area (Å²) in [6.07, 6.45) is 3.34. The van der Waals surface area contributed by atoms with Gasteiger partial charge in [0.15, 0.2) is 0 Å². The number of rotatable bonds is 7. The van der Waals surface area contributed by atoms with Gasteiger partial charge >= 0.3 is 0 Å². The molecule has 1 aromatic heterocycles. The molecule has 3 atom stereocenters. The number of hydrogen-bond donors (Lipinski definition) is 1. The second-order valence-electron chi connectivity index (χ2n) is 9.83. The molecular weight excluding hydrogens is 474 g/mol. The summed E-state index contributed by atoms with van der Waals surface area (Å²) in [5.41, 5.74) is 4.13. The number of nitrogens with zero attached hydrogens (tertiary/aromatic N) is 3. The van der Waals surface area contributed by atoms with E-state index in [2.05, 4.69) is 9.88 Å². The summed E-state index contributed by atoms with van der Waals surface area (Å²) in [6, 6.07) is 16.8. The molecule has 0 amide bonds. The van der Waals surface area contributed by atoms with Gasteiger partial charge in [0.25, 0.3) is 0 Å². The summed E-state index contributed by atoms with van der Waals surface area (Å²) in [6.45, 7) is 7.08. The zero-order chi connectivity index (χ0) is 25.9. The number of benzene rings is 2. The van der Waals surface area contributed by atoms with E-state index in [4.69, 9.17) is 4.74 Å². The molecule has 0 saturated heterocycles. The van der Waals surface area contributed by atoms with Crippen LogP contribution in [0.2, 0.25) is 0 Å². The zero-order valence-corrected chi connectivity index (χ0v) is 22.1. The normalized spacial score (nSPS) is 20.7. The minimum absolute atomic E-state index is 0.110. The molecule has 1 N–H and O–H groups in total. The minimum Gasteiger partial charge on any atom is -0.487 e. The third-order valence-corrected chi connectivity index (χ3v) is 8.74. The molecule has 0 unspecified atom stereocenters. The van der Waals surface area contributed by atoms with Crippen LogP contribution in [0.15, 0.2) is 71.9 Å². The first-order chi connectivity index (χ1) is 17.2. The fraction of sp³-hybridized carbons (Fsp3) is 0.393. The molecule has 0 fully saturated rings. The van der Waals surface area contributed by atoms with Gasteiger partial charge in [-0.15, -0.1) is 0 Å². The van der Waals surface area contributed by atoms with Crippen molar-refractivity contribution in [1.82, 2.24) is 14.2 Å². The highest BCUT2D eigenvalue weighted by Crippen LogP contribution is 2.36. The lowest BCUT2D eigenvalue weighted by molar-refractivity contribution is 0.0734. The Labute approximate surface area is 214 Å². The molecule has 0 radical (unpaired) electrons. The van der Waals surface area contributed by atoms with Gasteiger partial charge in [0, 0.05) is 44.0 Å². The maximum atomic E-state index is 13.7. The second kappa shape index (κ2) is 11.1. The van der Waals surface area contributed by atoms with Crippen molar-refractivity contribution < 1.29 is 18.3 Å². The van der Waals surface area contributed by atoms with Crippen molar-refractivity contribution in [3.8, 4) is 16.9 Å². The van der Waals surface area contributed by atoms with E-state index in [1.165, 1.54) is 4.31 Å². The topological polar surface area (TPSA) is 83.0 Å². The SMILES string of the molecule is Cc1ccc(-c2ccc3c(c2)O[C@@H](CN(C)Cc2cccnc2)[C@H](C)CN([C@H](C)CO)S3(=O)=O)cc1. The van der Waals surface area contributed by atoms with Gasteiger partial charge in [-0.3, -0.25) is 9.88 Å². The zero-order valence-electron chi connectivity index (χ0n) is 21.3. The van der Waals surface area contributed by atoms with E-state index in [0.717, 1.165) is 22.3 Å². The summed E-state index contributed by atoms with van der Waals surface area (Å²) in [5, 5.41) is 9.85. The Bertz CT molecular complexity index is 1270. The fourth-order valence-corrected chi connectivity index (χ4v) is 6.37. The lowest BCUT2D eigenvalue weighted by Crippen LogP contribution is -2.49. The Morgan fingerprint density at radius 1 is 1.17 bits per heavy atom. The van der Waals surface area contributed by atoms with Gasteiger partial charge in [-0.2, -0.15) is 4.31 Å². The first kappa shape index (κ1) is 26.3. The monoisotopic (exact) mass is 509 g/mol. The molecule has 1 aliphatic heterocycles. The second-order valence-corrected chi connectivity index (χ2v) is 11.7. The molecule has 2 aromatic carbocycles. The lowest BCUT2D eigenvalue weighted by atomic mass is 10.0. The Morgan fingerprint density at radius 3 is 2.56 bits per heavy atom. The highest BCUT2D eigenvalue weighted by Gasteiger charge is 2.38. The van der Waals surface area contributed by atoms with Crippen LogP contribution < -0.4 is 4.74 Å². The molecule has 0 spiro atoms. The number of aromatic nitrogens is 1. The molecule has 2 heterocycles. The van der Waals surface area contributed by atoms with Crippen LogP contribution in [0.4, 0.5) is 0 Å². The predicted octanol–water partition coefficient (Wildman–Crippen LogP) is 3.96. The molecular formula is C28H35N3O4S. The average Bonchev–Trinajstić information content (AvgIpc) is 2.86. The third kappa shape index (κ3) is 5.78. The van der Waals surface area contributed by atoms with Crippen molar-refractivity contribution in [2.75, 3.05) is 26.7 Å². The van der Waals surface area contributed by atoms with Gasteiger partial charge in [-0.05, 0) is 55.8 Å². The van der Waals surface area contributed by atoms with Gasteiger partial charge in [0.1, 0.15) is 16.7 Å². The van der Waals surface area contributed by atoms with E-state index >= 15 is 0 Å². The Hall–Kier alpha value is -2.78. The minimum atomic E-state index is -3.87. The molecule has 1 aliphatic rings. The van der Waals surface area contributed by atoms with Crippen LogP contribution in [0.25, 0.3) is 11.1 Å². The van der Waals surface area contributed by atoms with Crippen LogP contribution in [-0.2, 0) is 16.6 Å². The number of aliphatic hydroxyl groups excluding tert-OH is 1. The predicted molar refractivity (Wildman–Crippen MR) is 141 cm³/mol. The number of hydrogen-bond acceptors (Lipinski definition) is 6. The van der Waals surface area contributed by atoms with E-state index < -0.39 is 16.1 Å². The molecule has 36 heavy (non-hydrogen) atoms. The van der Waals surface area contributed by atoms with Crippen molar-refractivity contribution in [1.29, 1.82) is 0 Å². The third-order valence-electron chi connectivity index (χ3n) is 6.72. The highest BCUT2D eigenvalue weighted by atomic mass is 32.2. The first-order valence-corrected chi connectivity index (χ1v) is 13.7. The number of aryl methyl sites for hydroxylation is 1. The number of aliphatic hydroxyl groups is 1. The summed E-state index contributed by atoms with van der Waals surface area (Å²) < 4.78 is 35.3. The first-order valence-electron chi connectivity index (χ1n) is 12.3. The van der Waals surface area contributed by atoms with E-state index in [9.17, 15) is 13.5 Å². The fourth-order valence-electron chi connectivity index (χ4n) is 4.54. The largest absolute Gasteiger partial charge is 0.487 e. The van der Waals surface area contributed by atoms with Crippen LogP contribution in [-0.4, -0.2) is 66.6 Å². The molecule has 0 aliphatic carbocycles. The van der Waals surface area contributed by atoms with Gasteiger partial charge in [-0.25, -0.2) is 8.42 Å². The van der Waals surface area contributed by atoms with Crippen molar-refractivity contribution in [3.63, 3.8) is 0 Å². The molecule has 192 valence electrons. The average molecular weight is 510 g/mol. The number of sulfonamides is 1. The van der Waals surface area contributed by atoms with Crippen LogP contribution in [0.3, 0.4) is 0 Å². The number of fused-ring (bicyclic) bond motifs is 1. The van der Waals surface area contributed by atoms with E-state index in [0.29, 0.717) is 18.8 Å². The molecule has 3 aromatic rings. The van der Waals surface area contributed by atoms with Crippen molar-refractivity contribution >= 4 is 10.0 Å². The van der Waals surface area contributed by atoms with Gasteiger partial charge in [0.2, 0.25) is 10.0 Å². The molecule has 8 heteroatoms. The van der Waals surface area contributed by atoms with E-state index in [1.807, 2.05) is 75.6 Å². The molecule has 7 nitrogen and oxygen atoms in total. The van der Waals surface area contributed by atoms with Gasteiger partial charge in [-0.1, -0.05) is 48.9 Å². The van der Waals surface area contributed by atoms with Gasteiger partial charge < -0.3 is 9.84 Å². The molecule has 4 rings (SSSR count). The summed E-state index contributed by atoms with van der Waals surface area (Å²) in [4.78, 5) is 6.49. The van der Waals surface area contributed by atoms with Gasteiger partial charge in [0.05, 0.1) is 6.61 Å². The summed E-state index contributed by atoms with van der Waals surface area (Å²) in [5.74, 6) is 0.232. The lowest BCUT2D eigenvalue weighted by Gasteiger charge is -2.37. The van der Waals surface area contributed by atoms with Crippen molar-refractivity contribution in [2.24, 2.45) is 5.92 Å². The van der Waals surface area contributed by atoms with E-state index in [1.54, 1.807) is 19.2 Å². The highest BCUT2D eigenvalue weighted by molar-refractivity contribution is 7.89. The Kier molecular flexibility index (Phi) is 8.10. The smallest absolute Gasteiger partial charge is 0.247 e. The van der Waals surface area contributed by atoms with Crippen molar-refractivity contribution in [3.05, 3.63) is 78.1 Å². The van der Waals surface area contributed by atoms with E-state index in [-0.39, 0.29) is 30.1 Å².